The second kappa shape index (κ2) is 6.44. The van der Waals surface area contributed by atoms with E-state index in [9.17, 15) is 9.90 Å². The second-order valence-corrected chi connectivity index (χ2v) is 8.14. The predicted molar refractivity (Wildman–Crippen MR) is 103 cm³/mol. The Morgan fingerprint density at radius 1 is 1.32 bits per heavy atom. The fourth-order valence-electron chi connectivity index (χ4n) is 4.98. The molecule has 2 unspecified atom stereocenters. The van der Waals surface area contributed by atoms with Crippen LogP contribution < -0.4 is 0 Å². The van der Waals surface area contributed by atoms with Gasteiger partial charge in [-0.15, -0.1) is 0 Å². The van der Waals surface area contributed by atoms with Crippen LogP contribution in [0.25, 0.3) is 10.9 Å². The summed E-state index contributed by atoms with van der Waals surface area (Å²) in [6.45, 7) is 2.49. The van der Waals surface area contributed by atoms with Gasteiger partial charge in [0.15, 0.2) is 5.69 Å². The minimum atomic E-state index is -0.831. The molecule has 3 aromatic heterocycles. The maximum Gasteiger partial charge on any atom is 0.276 e. The van der Waals surface area contributed by atoms with Gasteiger partial charge in [-0.3, -0.25) is 9.78 Å². The highest BCUT2D eigenvalue weighted by molar-refractivity contribution is 5.93. The van der Waals surface area contributed by atoms with E-state index in [-0.39, 0.29) is 18.0 Å². The molecule has 28 heavy (non-hydrogen) atoms. The first-order valence-corrected chi connectivity index (χ1v) is 9.96. The number of fused-ring (bicyclic) bond motifs is 3. The van der Waals surface area contributed by atoms with Crippen molar-refractivity contribution in [2.45, 2.75) is 63.3 Å². The molecule has 7 nitrogen and oxygen atoms in total. The molecule has 2 aliphatic rings. The first kappa shape index (κ1) is 17.4. The zero-order valence-corrected chi connectivity index (χ0v) is 15.9. The van der Waals surface area contributed by atoms with Crippen LogP contribution in [-0.4, -0.2) is 48.3 Å². The van der Waals surface area contributed by atoms with Gasteiger partial charge in [-0.1, -0.05) is 12.1 Å². The maximum atomic E-state index is 13.0. The van der Waals surface area contributed by atoms with E-state index in [1.54, 1.807) is 12.3 Å². The maximum absolute atomic E-state index is 13.0. The smallest absolute Gasteiger partial charge is 0.276 e. The third-order valence-corrected chi connectivity index (χ3v) is 6.25. The van der Waals surface area contributed by atoms with Crippen molar-refractivity contribution in [1.82, 2.24) is 19.6 Å². The molecular weight excluding hydrogens is 356 g/mol. The van der Waals surface area contributed by atoms with E-state index < -0.39 is 5.60 Å². The number of aromatic nitrogens is 3. The number of hydrogen-bond donors (Lipinski definition) is 1. The first-order chi connectivity index (χ1) is 13.6. The molecule has 0 aliphatic carbocycles. The standard InChI is InChI=1S/C21H24N4O3/c1-2-17-9-18(23-28-17)20(26)25-15-3-4-16(25)11-21(27,10-15)13-24-8-6-14-5-7-22-12-19(14)24/h5-9,12,15-16,27H,2-4,10-11,13H2,1H3. The number of aryl methyl sites for hydroxylation is 1. The normalized spacial score (nSPS) is 26.9. The molecule has 1 amide bonds. The summed E-state index contributed by atoms with van der Waals surface area (Å²) in [7, 11) is 0. The van der Waals surface area contributed by atoms with Crippen molar-refractivity contribution in [3.63, 3.8) is 0 Å². The van der Waals surface area contributed by atoms with Gasteiger partial charge in [-0.2, -0.15) is 0 Å². The SMILES string of the molecule is CCc1cc(C(=O)N2C3CCC2CC(O)(Cn2ccc4ccncc42)C3)no1. The zero-order valence-electron chi connectivity index (χ0n) is 15.9. The molecule has 5 heterocycles. The van der Waals surface area contributed by atoms with Gasteiger partial charge < -0.3 is 19.1 Å². The van der Waals surface area contributed by atoms with Crippen LogP contribution in [-0.2, 0) is 13.0 Å². The number of rotatable bonds is 4. The van der Waals surface area contributed by atoms with Crippen LogP contribution in [0.5, 0.6) is 0 Å². The Balaban J connectivity index is 1.36. The molecule has 2 aliphatic heterocycles. The minimum absolute atomic E-state index is 0.0398. The molecule has 0 spiro atoms. The average Bonchev–Trinajstić information content (AvgIpc) is 3.39. The van der Waals surface area contributed by atoms with Crippen molar-refractivity contribution in [2.24, 2.45) is 0 Å². The van der Waals surface area contributed by atoms with Crippen molar-refractivity contribution in [3.8, 4) is 0 Å². The summed E-state index contributed by atoms with van der Waals surface area (Å²) in [4.78, 5) is 19.1. The highest BCUT2D eigenvalue weighted by atomic mass is 16.5. The molecule has 0 radical (unpaired) electrons. The van der Waals surface area contributed by atoms with Crippen molar-refractivity contribution >= 4 is 16.8 Å². The summed E-state index contributed by atoms with van der Waals surface area (Å²) in [5, 5.41) is 16.5. The third kappa shape index (κ3) is 2.81. The van der Waals surface area contributed by atoms with Crippen LogP contribution in [0.4, 0.5) is 0 Å². The predicted octanol–water partition coefficient (Wildman–Crippen LogP) is 2.79. The lowest BCUT2D eigenvalue weighted by molar-refractivity contribution is -0.0535. The van der Waals surface area contributed by atoms with E-state index in [1.165, 1.54) is 0 Å². The fraction of sp³-hybridized carbons (Fsp3) is 0.476. The summed E-state index contributed by atoms with van der Waals surface area (Å²) >= 11 is 0. The fourth-order valence-corrected chi connectivity index (χ4v) is 4.98. The third-order valence-electron chi connectivity index (χ3n) is 6.25. The van der Waals surface area contributed by atoms with Gasteiger partial charge in [0, 0.05) is 42.4 Å². The number of piperidine rings is 1. The highest BCUT2D eigenvalue weighted by Crippen LogP contribution is 2.42. The number of amides is 1. The Hall–Kier alpha value is -2.67. The molecule has 3 aromatic rings. The van der Waals surface area contributed by atoms with E-state index >= 15 is 0 Å². The second-order valence-electron chi connectivity index (χ2n) is 8.14. The molecule has 2 saturated heterocycles. The number of pyridine rings is 1. The molecule has 2 atom stereocenters. The quantitative estimate of drug-likeness (QED) is 0.752. The summed E-state index contributed by atoms with van der Waals surface area (Å²) in [5.74, 6) is 0.644. The molecule has 1 N–H and O–H groups in total. The van der Waals surface area contributed by atoms with Crippen molar-refractivity contribution < 1.29 is 14.4 Å². The van der Waals surface area contributed by atoms with E-state index in [0.717, 1.165) is 29.5 Å². The zero-order chi connectivity index (χ0) is 19.3. The average molecular weight is 380 g/mol. The lowest BCUT2D eigenvalue weighted by atomic mass is 9.85. The Labute approximate surface area is 162 Å². The largest absolute Gasteiger partial charge is 0.388 e. The number of nitrogens with zero attached hydrogens (tertiary/aromatic N) is 4. The molecule has 7 heteroatoms. The van der Waals surface area contributed by atoms with Crippen molar-refractivity contribution in [3.05, 3.63) is 48.2 Å². The summed E-state index contributed by atoms with van der Waals surface area (Å²) < 4.78 is 7.29. The van der Waals surface area contributed by atoms with Crippen LogP contribution in [0.1, 0.15) is 48.9 Å². The summed E-state index contributed by atoms with van der Waals surface area (Å²) in [6.07, 6.45) is 9.33. The van der Waals surface area contributed by atoms with Crippen LogP contribution in [0.15, 0.2) is 41.3 Å². The van der Waals surface area contributed by atoms with Gasteiger partial charge in [0.05, 0.1) is 23.9 Å². The van der Waals surface area contributed by atoms with E-state index in [1.807, 2.05) is 36.4 Å². The molecule has 0 saturated carbocycles. The summed E-state index contributed by atoms with van der Waals surface area (Å²) in [6, 6.07) is 5.84. The molecule has 5 rings (SSSR count). The summed E-state index contributed by atoms with van der Waals surface area (Å²) in [5.41, 5.74) is 0.571. The highest BCUT2D eigenvalue weighted by Gasteiger charge is 2.50. The van der Waals surface area contributed by atoms with E-state index in [0.29, 0.717) is 31.5 Å². The van der Waals surface area contributed by atoms with E-state index in [4.69, 9.17) is 4.52 Å². The van der Waals surface area contributed by atoms with Gasteiger partial charge in [-0.05, 0) is 37.8 Å². The Kier molecular flexibility index (Phi) is 4.01. The topological polar surface area (TPSA) is 84.4 Å². The Bertz CT molecular complexity index is 1010. The van der Waals surface area contributed by atoms with E-state index in [2.05, 4.69) is 14.7 Å². The van der Waals surface area contributed by atoms with Gasteiger partial charge in [0.1, 0.15) is 5.76 Å². The van der Waals surface area contributed by atoms with Gasteiger partial charge in [0.25, 0.3) is 5.91 Å². The van der Waals surface area contributed by atoms with Gasteiger partial charge in [0.2, 0.25) is 0 Å². The lowest BCUT2D eigenvalue weighted by Gasteiger charge is -2.43. The van der Waals surface area contributed by atoms with Crippen LogP contribution in [0, 0.1) is 0 Å². The van der Waals surface area contributed by atoms with Crippen LogP contribution in [0.3, 0.4) is 0 Å². The number of hydrogen-bond acceptors (Lipinski definition) is 5. The number of aliphatic hydroxyl groups is 1. The monoisotopic (exact) mass is 380 g/mol. The van der Waals surface area contributed by atoms with Gasteiger partial charge in [-0.25, -0.2) is 0 Å². The molecular formula is C21H24N4O3. The molecule has 0 aromatic carbocycles. The number of carbonyl (C=O) groups is 1. The minimum Gasteiger partial charge on any atom is -0.388 e. The number of carbonyl (C=O) groups excluding carboxylic acids is 1. The molecule has 2 fully saturated rings. The van der Waals surface area contributed by atoms with Crippen molar-refractivity contribution in [2.75, 3.05) is 0 Å². The molecule has 2 bridgehead atoms. The van der Waals surface area contributed by atoms with Crippen molar-refractivity contribution in [1.29, 1.82) is 0 Å². The lowest BCUT2D eigenvalue weighted by Crippen LogP contribution is -2.54. The van der Waals surface area contributed by atoms with Gasteiger partial charge >= 0.3 is 0 Å². The van der Waals surface area contributed by atoms with Crippen LogP contribution in [0.2, 0.25) is 0 Å². The van der Waals surface area contributed by atoms with Crippen LogP contribution >= 0.6 is 0 Å². The molecule has 146 valence electrons. The first-order valence-electron chi connectivity index (χ1n) is 9.96. The Morgan fingerprint density at radius 2 is 2.11 bits per heavy atom. The Morgan fingerprint density at radius 3 is 2.82 bits per heavy atom.